The van der Waals surface area contributed by atoms with Crippen molar-refractivity contribution in [3.63, 3.8) is 0 Å². The summed E-state index contributed by atoms with van der Waals surface area (Å²) < 4.78 is 4.31. The molecule has 1 saturated heterocycles. The number of rotatable bonds is 2. The second-order valence-corrected chi connectivity index (χ2v) is 4.22. The van der Waals surface area contributed by atoms with Crippen LogP contribution in [0.4, 0.5) is 10.5 Å². The number of ether oxygens (including phenoxy) is 1. The fourth-order valence-corrected chi connectivity index (χ4v) is 2.16. The first-order valence-corrected chi connectivity index (χ1v) is 5.47. The van der Waals surface area contributed by atoms with Gasteiger partial charge in [-0.05, 0) is 19.1 Å². The van der Waals surface area contributed by atoms with E-state index < -0.39 is 17.8 Å². The molecule has 18 heavy (non-hydrogen) atoms. The normalized spacial score (nSPS) is 27.3. The lowest BCUT2D eigenvalue weighted by Gasteiger charge is -2.22. The van der Waals surface area contributed by atoms with E-state index in [2.05, 4.69) is 4.74 Å². The van der Waals surface area contributed by atoms with Gasteiger partial charge in [-0.3, -0.25) is 4.79 Å². The summed E-state index contributed by atoms with van der Waals surface area (Å²) >= 11 is 0. The molecule has 2 N–H and O–H groups in total. The Kier molecular flexibility index (Phi) is 2.96. The van der Waals surface area contributed by atoms with Crippen LogP contribution in [0, 0.1) is 0 Å². The van der Waals surface area contributed by atoms with Crippen LogP contribution in [-0.4, -0.2) is 34.1 Å². The van der Waals surface area contributed by atoms with Crippen molar-refractivity contribution >= 4 is 17.7 Å². The molecule has 1 amide bonds. The summed E-state index contributed by atoms with van der Waals surface area (Å²) in [6.45, 7) is 1.72. The molecule has 96 valence electrons. The topological polar surface area (TPSA) is 87.1 Å². The van der Waals surface area contributed by atoms with Gasteiger partial charge in [0.25, 0.3) is 11.7 Å². The number of hydrogen-bond donors (Lipinski definition) is 2. The highest BCUT2D eigenvalue weighted by Gasteiger charge is 2.53. The molecule has 6 nitrogen and oxygen atoms in total. The van der Waals surface area contributed by atoms with Gasteiger partial charge in [0.2, 0.25) is 0 Å². The molecule has 2 rings (SSSR count). The third-order valence-electron chi connectivity index (χ3n) is 2.86. The Bertz CT molecular complexity index is 475. The van der Waals surface area contributed by atoms with E-state index in [0.29, 0.717) is 5.69 Å². The zero-order valence-electron chi connectivity index (χ0n) is 9.74. The fourth-order valence-electron chi connectivity index (χ4n) is 2.16. The summed E-state index contributed by atoms with van der Waals surface area (Å²) in [5.41, 5.74) is 0.597. The summed E-state index contributed by atoms with van der Waals surface area (Å²) in [5.74, 6) is -3.05. The molecule has 1 fully saturated rings. The molecule has 0 aliphatic carbocycles. The second-order valence-electron chi connectivity index (χ2n) is 4.22. The first kappa shape index (κ1) is 12.4. The van der Waals surface area contributed by atoms with E-state index in [-0.39, 0.29) is 12.5 Å². The minimum atomic E-state index is -2.29. The van der Waals surface area contributed by atoms with Crippen molar-refractivity contribution in [1.29, 1.82) is 0 Å². The zero-order valence-corrected chi connectivity index (χ0v) is 9.74. The minimum Gasteiger partial charge on any atom is -0.450 e. The van der Waals surface area contributed by atoms with Crippen molar-refractivity contribution in [2.24, 2.45) is 0 Å². The van der Waals surface area contributed by atoms with Gasteiger partial charge in [0, 0.05) is 18.2 Å². The summed E-state index contributed by atoms with van der Waals surface area (Å²) in [7, 11) is 0. The molecule has 0 radical (unpaired) electrons. The van der Waals surface area contributed by atoms with Crippen LogP contribution in [0.25, 0.3) is 0 Å². The number of aliphatic hydroxyl groups is 1. The Morgan fingerprint density at radius 1 is 1.44 bits per heavy atom. The molecule has 1 heterocycles. The van der Waals surface area contributed by atoms with E-state index in [1.54, 1.807) is 37.3 Å². The Morgan fingerprint density at radius 3 is 2.61 bits per heavy atom. The predicted molar refractivity (Wildman–Crippen MR) is 62.1 cm³/mol. The molecular formula is C12H13NO5. The molecule has 1 aliphatic heterocycles. The van der Waals surface area contributed by atoms with Crippen LogP contribution in [0.5, 0.6) is 0 Å². The van der Waals surface area contributed by atoms with Crippen LogP contribution in [0.1, 0.15) is 13.3 Å². The number of nitrogens with zero attached hydrogens (tertiary/aromatic N) is 1. The standard InChI is InChI=1S/C12H13NO5/c1-8-7-12(17,18-11(15)16)10(14)13(8)9-5-3-2-4-6-9/h2-6,8,17H,7H2,1H3,(H,15,16). The van der Waals surface area contributed by atoms with E-state index in [4.69, 9.17) is 5.11 Å². The Labute approximate surface area is 103 Å². The van der Waals surface area contributed by atoms with Crippen molar-refractivity contribution in [2.45, 2.75) is 25.2 Å². The average Bonchev–Trinajstić information content (AvgIpc) is 2.49. The molecule has 1 aromatic carbocycles. The molecule has 1 aliphatic rings. The van der Waals surface area contributed by atoms with Gasteiger partial charge in [0.1, 0.15) is 0 Å². The first-order valence-electron chi connectivity index (χ1n) is 5.47. The van der Waals surface area contributed by atoms with Crippen molar-refractivity contribution in [3.05, 3.63) is 30.3 Å². The molecule has 1 aromatic rings. The monoisotopic (exact) mass is 251 g/mol. The maximum Gasteiger partial charge on any atom is 0.508 e. The molecular weight excluding hydrogens is 238 g/mol. The lowest BCUT2D eigenvalue weighted by atomic mass is 10.2. The highest BCUT2D eigenvalue weighted by molar-refractivity contribution is 6.02. The summed E-state index contributed by atoms with van der Waals surface area (Å²) in [4.78, 5) is 23.9. The first-order chi connectivity index (χ1) is 8.44. The van der Waals surface area contributed by atoms with Gasteiger partial charge >= 0.3 is 6.16 Å². The van der Waals surface area contributed by atoms with Gasteiger partial charge in [0.05, 0.1) is 0 Å². The van der Waals surface area contributed by atoms with Crippen molar-refractivity contribution in [2.75, 3.05) is 4.90 Å². The van der Waals surface area contributed by atoms with Crippen molar-refractivity contribution in [1.82, 2.24) is 0 Å². The molecule has 2 unspecified atom stereocenters. The van der Waals surface area contributed by atoms with Crippen molar-refractivity contribution < 1.29 is 24.5 Å². The van der Waals surface area contributed by atoms with Gasteiger partial charge in [-0.25, -0.2) is 4.79 Å². The number of carbonyl (C=O) groups excluding carboxylic acids is 1. The van der Waals surface area contributed by atoms with Crippen LogP contribution in [0.3, 0.4) is 0 Å². The van der Waals surface area contributed by atoms with Crippen LogP contribution < -0.4 is 4.90 Å². The predicted octanol–water partition coefficient (Wildman–Crippen LogP) is 1.20. The SMILES string of the molecule is CC1CC(O)(OC(=O)O)C(=O)N1c1ccccc1. The second kappa shape index (κ2) is 4.30. The maximum atomic E-state index is 12.1. The third-order valence-corrected chi connectivity index (χ3v) is 2.86. The Morgan fingerprint density at radius 2 is 2.06 bits per heavy atom. The van der Waals surface area contributed by atoms with E-state index in [1.165, 1.54) is 4.90 Å². The number of para-hydroxylation sites is 1. The van der Waals surface area contributed by atoms with Gasteiger partial charge in [-0.2, -0.15) is 0 Å². The highest BCUT2D eigenvalue weighted by atomic mass is 16.7. The smallest absolute Gasteiger partial charge is 0.450 e. The van der Waals surface area contributed by atoms with Gasteiger partial charge in [-0.1, -0.05) is 18.2 Å². The number of carboxylic acid groups (broad SMARTS) is 1. The van der Waals surface area contributed by atoms with Crippen LogP contribution in [-0.2, 0) is 9.53 Å². The number of anilines is 1. The number of carbonyl (C=O) groups is 2. The molecule has 0 saturated carbocycles. The molecule has 0 spiro atoms. The third kappa shape index (κ3) is 2.02. The quantitative estimate of drug-likeness (QED) is 0.609. The summed E-state index contributed by atoms with van der Waals surface area (Å²) in [5, 5.41) is 18.5. The fraction of sp³-hybridized carbons (Fsp3) is 0.333. The lowest BCUT2D eigenvalue weighted by molar-refractivity contribution is -0.181. The highest BCUT2D eigenvalue weighted by Crippen LogP contribution is 2.33. The molecule has 6 heteroatoms. The van der Waals surface area contributed by atoms with Crippen LogP contribution >= 0.6 is 0 Å². The summed E-state index contributed by atoms with van der Waals surface area (Å²) in [6.07, 6.45) is -1.76. The summed E-state index contributed by atoms with van der Waals surface area (Å²) in [6, 6.07) is 8.38. The molecule has 2 atom stereocenters. The molecule has 0 aromatic heterocycles. The molecule has 0 bridgehead atoms. The van der Waals surface area contributed by atoms with E-state index >= 15 is 0 Å². The van der Waals surface area contributed by atoms with Crippen LogP contribution in [0.15, 0.2) is 30.3 Å². The number of benzene rings is 1. The van der Waals surface area contributed by atoms with E-state index in [0.717, 1.165) is 0 Å². The number of amides is 1. The van der Waals surface area contributed by atoms with E-state index in [1.807, 2.05) is 0 Å². The van der Waals surface area contributed by atoms with Crippen LogP contribution in [0.2, 0.25) is 0 Å². The minimum absolute atomic E-state index is 0.0903. The average molecular weight is 251 g/mol. The number of hydrogen-bond acceptors (Lipinski definition) is 4. The maximum absolute atomic E-state index is 12.1. The largest absolute Gasteiger partial charge is 0.508 e. The Balaban J connectivity index is 2.30. The lowest BCUT2D eigenvalue weighted by Crippen LogP contribution is -2.44. The zero-order chi connectivity index (χ0) is 13.3. The van der Waals surface area contributed by atoms with Gasteiger partial charge < -0.3 is 19.8 Å². The van der Waals surface area contributed by atoms with E-state index in [9.17, 15) is 14.7 Å². The van der Waals surface area contributed by atoms with Crippen molar-refractivity contribution in [3.8, 4) is 0 Å². The Hall–Kier alpha value is -2.08. The van der Waals surface area contributed by atoms with Gasteiger partial charge in [-0.15, -0.1) is 0 Å². The van der Waals surface area contributed by atoms with Gasteiger partial charge in [0.15, 0.2) is 0 Å².